The normalized spacial score (nSPS) is 18.0. The standard InChI is InChI=1S/C15H26N2O2S2/c1-10(2)16-9-14-11(3)8-15(20-14)21(18,19)17-12(4)13-6-5-7-13/h8,10,12-13,16-17H,5-7,9H2,1-4H3. The van der Waals surface area contributed by atoms with Gasteiger partial charge < -0.3 is 5.32 Å². The SMILES string of the molecule is Cc1cc(S(=O)(=O)NC(C)C2CCC2)sc1CNC(C)C. The van der Waals surface area contributed by atoms with Gasteiger partial charge in [-0.15, -0.1) is 11.3 Å². The first-order valence-corrected chi connectivity index (χ1v) is 9.94. The molecule has 0 radical (unpaired) electrons. The zero-order valence-corrected chi connectivity index (χ0v) is 14.9. The lowest BCUT2D eigenvalue weighted by Gasteiger charge is -2.31. The fourth-order valence-corrected chi connectivity index (χ4v) is 5.30. The number of hydrogen-bond acceptors (Lipinski definition) is 4. The molecule has 1 aliphatic carbocycles. The van der Waals surface area contributed by atoms with Gasteiger partial charge in [0.1, 0.15) is 4.21 Å². The molecule has 120 valence electrons. The average molecular weight is 331 g/mol. The summed E-state index contributed by atoms with van der Waals surface area (Å²) in [7, 11) is -3.38. The molecule has 6 heteroatoms. The van der Waals surface area contributed by atoms with Gasteiger partial charge in [0.05, 0.1) is 0 Å². The minimum Gasteiger partial charge on any atom is -0.310 e. The predicted molar refractivity (Wildman–Crippen MR) is 88.2 cm³/mol. The lowest BCUT2D eigenvalue weighted by molar-refractivity contribution is 0.260. The van der Waals surface area contributed by atoms with Gasteiger partial charge in [0.15, 0.2) is 0 Å². The molecule has 1 heterocycles. The van der Waals surface area contributed by atoms with Crippen LogP contribution >= 0.6 is 11.3 Å². The van der Waals surface area contributed by atoms with Crippen LogP contribution in [0.5, 0.6) is 0 Å². The van der Waals surface area contributed by atoms with E-state index in [-0.39, 0.29) is 6.04 Å². The lowest BCUT2D eigenvalue weighted by Crippen LogP contribution is -2.40. The Balaban J connectivity index is 2.07. The summed E-state index contributed by atoms with van der Waals surface area (Å²) in [5.41, 5.74) is 1.05. The van der Waals surface area contributed by atoms with Gasteiger partial charge in [-0.2, -0.15) is 0 Å². The molecule has 0 amide bonds. The van der Waals surface area contributed by atoms with E-state index in [2.05, 4.69) is 23.9 Å². The Labute approximate surface area is 132 Å². The Bertz CT molecular complexity index is 574. The Morgan fingerprint density at radius 1 is 1.33 bits per heavy atom. The zero-order valence-electron chi connectivity index (χ0n) is 13.3. The Hall–Kier alpha value is -0.430. The van der Waals surface area contributed by atoms with Gasteiger partial charge in [-0.25, -0.2) is 13.1 Å². The van der Waals surface area contributed by atoms with Gasteiger partial charge in [-0.05, 0) is 44.2 Å². The quantitative estimate of drug-likeness (QED) is 0.808. The molecular formula is C15H26N2O2S2. The van der Waals surface area contributed by atoms with Crippen molar-refractivity contribution in [1.82, 2.24) is 10.0 Å². The van der Waals surface area contributed by atoms with E-state index < -0.39 is 10.0 Å². The summed E-state index contributed by atoms with van der Waals surface area (Å²) < 4.78 is 28.2. The van der Waals surface area contributed by atoms with Crippen molar-refractivity contribution < 1.29 is 8.42 Å². The second kappa shape index (κ2) is 6.77. The fraction of sp³-hybridized carbons (Fsp3) is 0.733. The van der Waals surface area contributed by atoms with E-state index in [0.717, 1.165) is 29.8 Å². The molecule has 21 heavy (non-hydrogen) atoms. The second-order valence-corrected chi connectivity index (χ2v) is 9.39. The molecule has 0 saturated heterocycles. The van der Waals surface area contributed by atoms with Crippen LogP contribution in [0.1, 0.15) is 50.5 Å². The molecule has 1 fully saturated rings. The predicted octanol–water partition coefficient (Wildman–Crippen LogP) is 3.02. The summed E-state index contributed by atoms with van der Waals surface area (Å²) in [5, 5.41) is 3.34. The third-order valence-corrected chi connectivity index (χ3v) is 7.40. The molecule has 1 atom stereocenters. The molecule has 4 nitrogen and oxygen atoms in total. The fourth-order valence-electron chi connectivity index (χ4n) is 2.43. The molecule has 0 aromatic carbocycles. The van der Waals surface area contributed by atoms with Crippen LogP contribution in [-0.2, 0) is 16.6 Å². The summed E-state index contributed by atoms with van der Waals surface area (Å²) >= 11 is 1.37. The summed E-state index contributed by atoms with van der Waals surface area (Å²) in [4.78, 5) is 1.10. The van der Waals surface area contributed by atoms with Crippen molar-refractivity contribution in [3.63, 3.8) is 0 Å². The topological polar surface area (TPSA) is 58.2 Å². The third-order valence-electron chi connectivity index (χ3n) is 4.13. The minimum atomic E-state index is -3.38. The minimum absolute atomic E-state index is 0.0309. The smallest absolute Gasteiger partial charge is 0.250 e. The maximum Gasteiger partial charge on any atom is 0.250 e. The molecule has 1 unspecified atom stereocenters. The lowest BCUT2D eigenvalue weighted by atomic mass is 9.81. The van der Waals surface area contributed by atoms with Gasteiger partial charge in [0.2, 0.25) is 10.0 Å². The van der Waals surface area contributed by atoms with Crippen molar-refractivity contribution in [2.24, 2.45) is 5.92 Å². The number of hydrogen-bond donors (Lipinski definition) is 2. The van der Waals surface area contributed by atoms with E-state index in [9.17, 15) is 8.42 Å². The molecule has 1 aliphatic rings. The second-order valence-electron chi connectivity index (χ2n) is 6.31. The highest BCUT2D eigenvalue weighted by Crippen LogP contribution is 2.31. The number of sulfonamides is 1. The van der Waals surface area contributed by atoms with Crippen LogP contribution < -0.4 is 10.0 Å². The highest BCUT2D eigenvalue weighted by Gasteiger charge is 2.28. The van der Waals surface area contributed by atoms with Crippen molar-refractivity contribution in [2.45, 2.75) is 69.8 Å². The van der Waals surface area contributed by atoms with E-state index >= 15 is 0 Å². The summed E-state index contributed by atoms with van der Waals surface area (Å²) in [5.74, 6) is 0.503. The third kappa shape index (κ3) is 4.28. The van der Waals surface area contributed by atoms with E-state index in [0.29, 0.717) is 16.2 Å². The van der Waals surface area contributed by atoms with Gasteiger partial charge in [0, 0.05) is 23.5 Å². The van der Waals surface area contributed by atoms with Crippen molar-refractivity contribution in [1.29, 1.82) is 0 Å². The summed E-state index contributed by atoms with van der Waals surface area (Å²) in [6.07, 6.45) is 3.49. The number of aryl methyl sites for hydroxylation is 1. The van der Waals surface area contributed by atoms with Gasteiger partial charge in [-0.3, -0.25) is 0 Å². The van der Waals surface area contributed by atoms with Crippen LogP contribution in [0.15, 0.2) is 10.3 Å². The monoisotopic (exact) mass is 330 g/mol. The van der Waals surface area contributed by atoms with E-state index in [1.807, 2.05) is 13.8 Å². The van der Waals surface area contributed by atoms with Crippen LogP contribution in [0, 0.1) is 12.8 Å². The van der Waals surface area contributed by atoms with Crippen LogP contribution in [0.2, 0.25) is 0 Å². The van der Waals surface area contributed by atoms with Gasteiger partial charge in [0.25, 0.3) is 0 Å². The van der Waals surface area contributed by atoms with E-state index in [1.165, 1.54) is 17.8 Å². The first-order valence-electron chi connectivity index (χ1n) is 7.64. The number of thiophene rings is 1. The largest absolute Gasteiger partial charge is 0.310 e. The Kier molecular flexibility index (Phi) is 5.46. The first-order chi connectivity index (χ1) is 9.79. The molecule has 1 aromatic rings. The molecule has 0 spiro atoms. The molecule has 0 aliphatic heterocycles. The molecule has 2 rings (SSSR count). The van der Waals surface area contributed by atoms with Gasteiger partial charge in [-0.1, -0.05) is 20.3 Å². The molecule has 1 saturated carbocycles. The molecule has 0 bridgehead atoms. The zero-order chi connectivity index (χ0) is 15.6. The maximum atomic E-state index is 12.5. The highest BCUT2D eigenvalue weighted by molar-refractivity contribution is 7.91. The summed E-state index contributed by atoms with van der Waals surface area (Å²) in [6.45, 7) is 8.85. The van der Waals surface area contributed by atoms with Crippen LogP contribution in [-0.4, -0.2) is 20.5 Å². The maximum absolute atomic E-state index is 12.5. The number of nitrogens with one attached hydrogen (secondary N) is 2. The summed E-state index contributed by atoms with van der Waals surface area (Å²) in [6, 6.07) is 2.21. The molecule has 2 N–H and O–H groups in total. The van der Waals surface area contributed by atoms with Crippen molar-refractivity contribution >= 4 is 21.4 Å². The van der Waals surface area contributed by atoms with Crippen molar-refractivity contribution in [3.8, 4) is 0 Å². The van der Waals surface area contributed by atoms with Crippen LogP contribution in [0.4, 0.5) is 0 Å². The van der Waals surface area contributed by atoms with Crippen molar-refractivity contribution in [2.75, 3.05) is 0 Å². The molecular weight excluding hydrogens is 304 g/mol. The number of rotatable bonds is 7. The Morgan fingerprint density at radius 2 is 2.00 bits per heavy atom. The van der Waals surface area contributed by atoms with Crippen molar-refractivity contribution in [3.05, 3.63) is 16.5 Å². The highest BCUT2D eigenvalue weighted by atomic mass is 32.2. The van der Waals surface area contributed by atoms with Crippen LogP contribution in [0.25, 0.3) is 0 Å². The van der Waals surface area contributed by atoms with Gasteiger partial charge >= 0.3 is 0 Å². The molecule has 1 aromatic heterocycles. The Morgan fingerprint density at radius 3 is 2.52 bits per heavy atom. The average Bonchev–Trinajstić information content (AvgIpc) is 2.65. The van der Waals surface area contributed by atoms with E-state index in [1.54, 1.807) is 6.07 Å². The first kappa shape index (κ1) is 16.9. The van der Waals surface area contributed by atoms with Crippen LogP contribution in [0.3, 0.4) is 0 Å². The van der Waals surface area contributed by atoms with E-state index in [4.69, 9.17) is 0 Å².